The number of hydrogen-bond donors (Lipinski definition) is 0. The Bertz CT molecular complexity index is 214. The molecular formula is C11H22O2Si. The lowest BCUT2D eigenvalue weighted by Crippen LogP contribution is -2.32. The van der Waals surface area contributed by atoms with Crippen LogP contribution in [-0.2, 0) is 9.59 Å². The van der Waals surface area contributed by atoms with E-state index in [-0.39, 0.29) is 23.4 Å². The second-order valence-electron chi connectivity index (χ2n) is 5.44. The topological polar surface area (TPSA) is 34.1 Å². The molecule has 0 saturated carbocycles. The first-order chi connectivity index (χ1) is 6.15. The number of carbonyl (C=O) groups is 2. The minimum atomic E-state index is -1.18. The Morgan fingerprint density at radius 2 is 1.43 bits per heavy atom. The summed E-state index contributed by atoms with van der Waals surface area (Å²) < 4.78 is 0. The highest BCUT2D eigenvalue weighted by molar-refractivity contribution is 6.76. The maximum Gasteiger partial charge on any atom is 0.140 e. The fraction of sp³-hybridized carbons (Fsp3) is 0.818. The van der Waals surface area contributed by atoms with Gasteiger partial charge in [-0.15, -0.1) is 0 Å². The number of Topliss-reactive ketones (excluding diaryl/α,β-unsaturated/α-hetero) is 2. The summed E-state index contributed by atoms with van der Waals surface area (Å²) in [5, 5.41) is 0. The summed E-state index contributed by atoms with van der Waals surface area (Å²) in [7, 11) is -1.18. The van der Waals surface area contributed by atoms with Crippen LogP contribution >= 0.6 is 0 Å². The average Bonchev–Trinajstić information content (AvgIpc) is 1.78. The largest absolute Gasteiger partial charge is 0.299 e. The minimum Gasteiger partial charge on any atom is -0.299 e. The molecule has 0 heterocycles. The highest BCUT2D eigenvalue weighted by atomic mass is 28.3. The van der Waals surface area contributed by atoms with Crippen LogP contribution in [0.25, 0.3) is 0 Å². The molecule has 0 aromatic rings. The van der Waals surface area contributed by atoms with E-state index in [0.717, 1.165) is 6.04 Å². The highest BCUT2D eigenvalue weighted by Gasteiger charge is 2.29. The van der Waals surface area contributed by atoms with E-state index in [1.165, 1.54) is 13.8 Å². The summed E-state index contributed by atoms with van der Waals surface area (Å²) in [6.07, 6.45) is 0. The molecule has 82 valence electrons. The van der Waals surface area contributed by atoms with E-state index in [0.29, 0.717) is 0 Å². The van der Waals surface area contributed by atoms with Gasteiger partial charge in [-0.05, 0) is 19.8 Å². The maximum atomic E-state index is 11.3. The quantitative estimate of drug-likeness (QED) is 0.521. The van der Waals surface area contributed by atoms with Crippen LogP contribution in [0.5, 0.6) is 0 Å². The van der Waals surface area contributed by atoms with Gasteiger partial charge in [0.25, 0.3) is 0 Å². The van der Waals surface area contributed by atoms with Crippen molar-refractivity contribution in [2.75, 3.05) is 0 Å². The molecule has 0 aliphatic carbocycles. The van der Waals surface area contributed by atoms with Crippen molar-refractivity contribution in [2.45, 2.75) is 46.5 Å². The van der Waals surface area contributed by atoms with Crippen molar-refractivity contribution in [3.8, 4) is 0 Å². The van der Waals surface area contributed by atoms with Crippen molar-refractivity contribution >= 4 is 19.6 Å². The van der Waals surface area contributed by atoms with Gasteiger partial charge in [0, 0.05) is 8.07 Å². The molecule has 0 amide bonds. The monoisotopic (exact) mass is 214 g/mol. The Morgan fingerprint density at radius 3 is 1.64 bits per heavy atom. The predicted octanol–water partition coefficient (Wildman–Crippen LogP) is 2.75. The van der Waals surface area contributed by atoms with Crippen molar-refractivity contribution in [3.05, 3.63) is 0 Å². The molecule has 0 radical (unpaired) electrons. The molecule has 3 heteroatoms. The average molecular weight is 214 g/mol. The third-order valence-corrected chi connectivity index (χ3v) is 4.25. The molecule has 0 spiro atoms. The van der Waals surface area contributed by atoms with E-state index in [1.54, 1.807) is 0 Å². The standard InChI is InChI=1S/C11H22O2Si/c1-8(7-14(4,5)6)11(9(2)12)10(3)13/h8,11H,7H2,1-6H3. The Labute approximate surface area is 88.1 Å². The Balaban J connectivity index is 4.54. The molecule has 0 aromatic heterocycles. The first-order valence-electron chi connectivity index (χ1n) is 5.16. The van der Waals surface area contributed by atoms with Crippen molar-refractivity contribution < 1.29 is 9.59 Å². The Kier molecular flexibility index (Phi) is 4.72. The fourth-order valence-corrected chi connectivity index (χ4v) is 4.34. The molecule has 0 N–H and O–H groups in total. The van der Waals surface area contributed by atoms with E-state index in [4.69, 9.17) is 0 Å². The summed E-state index contributed by atoms with van der Waals surface area (Å²) in [6, 6.07) is 1.04. The minimum absolute atomic E-state index is 0.0169. The molecule has 0 bridgehead atoms. The molecule has 0 saturated heterocycles. The van der Waals surface area contributed by atoms with Gasteiger partial charge in [0.15, 0.2) is 0 Å². The summed E-state index contributed by atoms with van der Waals surface area (Å²) in [4.78, 5) is 22.6. The molecule has 0 rings (SSSR count). The van der Waals surface area contributed by atoms with Crippen molar-refractivity contribution in [1.29, 1.82) is 0 Å². The van der Waals surface area contributed by atoms with Gasteiger partial charge in [0.1, 0.15) is 11.6 Å². The zero-order valence-corrected chi connectivity index (χ0v) is 11.2. The van der Waals surface area contributed by atoms with Crippen molar-refractivity contribution in [1.82, 2.24) is 0 Å². The van der Waals surface area contributed by atoms with Crippen molar-refractivity contribution in [2.24, 2.45) is 11.8 Å². The molecule has 0 aromatic carbocycles. The zero-order valence-electron chi connectivity index (χ0n) is 10.2. The first kappa shape index (κ1) is 13.6. The van der Waals surface area contributed by atoms with Crippen LogP contribution in [0.2, 0.25) is 25.7 Å². The van der Waals surface area contributed by atoms with Gasteiger partial charge in [-0.25, -0.2) is 0 Å². The van der Waals surface area contributed by atoms with Crippen LogP contribution in [0.4, 0.5) is 0 Å². The maximum absolute atomic E-state index is 11.3. The third kappa shape index (κ3) is 4.70. The van der Waals surface area contributed by atoms with E-state index in [2.05, 4.69) is 19.6 Å². The number of carbonyl (C=O) groups excluding carboxylic acids is 2. The van der Waals surface area contributed by atoms with Crippen molar-refractivity contribution in [3.63, 3.8) is 0 Å². The second-order valence-corrected chi connectivity index (χ2v) is 11.0. The van der Waals surface area contributed by atoms with Crippen LogP contribution < -0.4 is 0 Å². The number of rotatable bonds is 5. The number of ketones is 2. The van der Waals surface area contributed by atoms with Crippen LogP contribution in [0, 0.1) is 11.8 Å². The highest BCUT2D eigenvalue weighted by Crippen LogP contribution is 2.24. The normalized spacial score (nSPS) is 14.2. The van der Waals surface area contributed by atoms with Gasteiger partial charge in [0.2, 0.25) is 0 Å². The molecular weight excluding hydrogens is 192 g/mol. The smallest absolute Gasteiger partial charge is 0.140 e. The lowest BCUT2D eigenvalue weighted by atomic mass is 9.89. The van der Waals surface area contributed by atoms with Gasteiger partial charge < -0.3 is 0 Å². The first-order valence-corrected chi connectivity index (χ1v) is 8.87. The molecule has 0 fully saturated rings. The summed E-state index contributed by atoms with van der Waals surface area (Å²) >= 11 is 0. The number of hydrogen-bond acceptors (Lipinski definition) is 2. The van der Waals surface area contributed by atoms with Crippen LogP contribution in [0.1, 0.15) is 20.8 Å². The summed E-state index contributed by atoms with van der Waals surface area (Å²) in [6.45, 7) is 11.9. The molecule has 14 heavy (non-hydrogen) atoms. The van der Waals surface area contributed by atoms with Crippen LogP contribution in [-0.4, -0.2) is 19.6 Å². The van der Waals surface area contributed by atoms with E-state index >= 15 is 0 Å². The van der Waals surface area contributed by atoms with Crippen LogP contribution in [0.15, 0.2) is 0 Å². The van der Waals surface area contributed by atoms with Gasteiger partial charge in [0.05, 0.1) is 5.92 Å². The van der Waals surface area contributed by atoms with E-state index in [9.17, 15) is 9.59 Å². The lowest BCUT2D eigenvalue weighted by Gasteiger charge is -2.25. The fourth-order valence-electron chi connectivity index (χ4n) is 2.17. The third-order valence-electron chi connectivity index (χ3n) is 2.38. The van der Waals surface area contributed by atoms with E-state index < -0.39 is 8.07 Å². The molecule has 0 aliphatic rings. The van der Waals surface area contributed by atoms with Gasteiger partial charge in [-0.1, -0.05) is 32.6 Å². The second kappa shape index (κ2) is 4.87. The van der Waals surface area contributed by atoms with Gasteiger partial charge >= 0.3 is 0 Å². The predicted molar refractivity (Wildman–Crippen MR) is 62.2 cm³/mol. The Hall–Kier alpha value is -0.443. The summed E-state index contributed by atoms with van der Waals surface area (Å²) in [5.41, 5.74) is 0. The molecule has 0 aliphatic heterocycles. The van der Waals surface area contributed by atoms with E-state index in [1.807, 2.05) is 6.92 Å². The van der Waals surface area contributed by atoms with Gasteiger partial charge in [-0.3, -0.25) is 9.59 Å². The van der Waals surface area contributed by atoms with Crippen LogP contribution in [0.3, 0.4) is 0 Å². The van der Waals surface area contributed by atoms with Gasteiger partial charge in [-0.2, -0.15) is 0 Å². The molecule has 1 unspecified atom stereocenters. The Morgan fingerprint density at radius 1 is 1.07 bits per heavy atom. The lowest BCUT2D eigenvalue weighted by molar-refractivity contribution is -0.132. The summed E-state index contributed by atoms with van der Waals surface area (Å²) in [5.74, 6) is -0.134. The molecule has 1 atom stereocenters. The SMILES string of the molecule is CC(=O)C(C(C)=O)C(C)C[Si](C)(C)C. The zero-order chi connectivity index (χ0) is 11.5. The molecule has 2 nitrogen and oxygen atoms in total.